The summed E-state index contributed by atoms with van der Waals surface area (Å²) in [5.74, 6) is 0.602. The van der Waals surface area contributed by atoms with Crippen LogP contribution in [0.4, 0.5) is 4.39 Å². The van der Waals surface area contributed by atoms with Crippen LogP contribution in [-0.4, -0.2) is 12.1 Å². The van der Waals surface area contributed by atoms with Crippen LogP contribution in [-0.2, 0) is 6.42 Å². The zero-order valence-electron chi connectivity index (χ0n) is 12.3. The van der Waals surface area contributed by atoms with Crippen LogP contribution in [0.5, 0.6) is 5.75 Å². The lowest BCUT2D eigenvalue weighted by atomic mass is 9.99. The molecule has 0 fully saturated rings. The standard InChI is InChI=1S/C19H16FNO/c1-22-19-9-6-15(11-14-4-7-17(20)8-5-14)12-18(19)16-3-2-10-21-13-16/h2-10,12-13H,11H2,1H3. The molecule has 3 aromatic rings. The summed E-state index contributed by atoms with van der Waals surface area (Å²) in [7, 11) is 1.66. The van der Waals surface area contributed by atoms with Crippen molar-refractivity contribution in [3.05, 3.63) is 83.9 Å². The van der Waals surface area contributed by atoms with Crippen molar-refractivity contribution >= 4 is 0 Å². The third-order valence-corrected chi connectivity index (χ3v) is 3.56. The lowest BCUT2D eigenvalue weighted by Crippen LogP contribution is -1.93. The molecule has 0 spiro atoms. The molecule has 0 aliphatic carbocycles. The molecule has 0 amide bonds. The predicted molar refractivity (Wildman–Crippen MR) is 85.4 cm³/mol. The van der Waals surface area contributed by atoms with Gasteiger partial charge in [0.15, 0.2) is 0 Å². The van der Waals surface area contributed by atoms with E-state index < -0.39 is 0 Å². The van der Waals surface area contributed by atoms with Gasteiger partial charge in [-0.2, -0.15) is 0 Å². The lowest BCUT2D eigenvalue weighted by molar-refractivity contribution is 0.416. The van der Waals surface area contributed by atoms with E-state index in [1.54, 1.807) is 13.3 Å². The normalized spacial score (nSPS) is 10.5. The Kier molecular flexibility index (Phi) is 4.15. The molecule has 0 unspecified atom stereocenters. The first-order chi connectivity index (χ1) is 10.8. The Morgan fingerprint density at radius 3 is 2.45 bits per heavy atom. The van der Waals surface area contributed by atoms with Crippen molar-refractivity contribution in [3.8, 4) is 16.9 Å². The molecule has 1 aromatic heterocycles. The van der Waals surface area contributed by atoms with Crippen LogP contribution in [0, 0.1) is 5.82 Å². The Hall–Kier alpha value is -2.68. The fraction of sp³-hybridized carbons (Fsp3) is 0.105. The second-order valence-corrected chi connectivity index (χ2v) is 5.08. The van der Waals surface area contributed by atoms with Crippen LogP contribution in [0.3, 0.4) is 0 Å². The Labute approximate surface area is 129 Å². The first-order valence-electron chi connectivity index (χ1n) is 7.08. The molecule has 0 aliphatic rings. The van der Waals surface area contributed by atoms with Gasteiger partial charge in [0.05, 0.1) is 7.11 Å². The molecule has 2 aromatic carbocycles. The van der Waals surface area contributed by atoms with E-state index in [0.717, 1.165) is 34.4 Å². The molecule has 1 heterocycles. The van der Waals surface area contributed by atoms with E-state index in [1.807, 2.05) is 42.6 Å². The largest absolute Gasteiger partial charge is 0.496 e. The summed E-state index contributed by atoms with van der Waals surface area (Å²) >= 11 is 0. The van der Waals surface area contributed by atoms with Gasteiger partial charge in [-0.3, -0.25) is 4.98 Å². The number of nitrogens with zero attached hydrogens (tertiary/aromatic N) is 1. The molecule has 110 valence electrons. The van der Waals surface area contributed by atoms with Gasteiger partial charge >= 0.3 is 0 Å². The highest BCUT2D eigenvalue weighted by Crippen LogP contribution is 2.31. The second kappa shape index (κ2) is 6.39. The highest BCUT2D eigenvalue weighted by atomic mass is 19.1. The van der Waals surface area contributed by atoms with Crippen LogP contribution in [0.1, 0.15) is 11.1 Å². The lowest BCUT2D eigenvalue weighted by Gasteiger charge is -2.11. The molecule has 0 N–H and O–H groups in total. The maximum Gasteiger partial charge on any atom is 0.126 e. The summed E-state index contributed by atoms with van der Waals surface area (Å²) in [4.78, 5) is 4.16. The van der Waals surface area contributed by atoms with E-state index in [2.05, 4.69) is 11.1 Å². The van der Waals surface area contributed by atoms with E-state index in [4.69, 9.17) is 4.74 Å². The van der Waals surface area contributed by atoms with E-state index in [1.165, 1.54) is 12.1 Å². The van der Waals surface area contributed by atoms with Gasteiger partial charge in [0.2, 0.25) is 0 Å². The minimum absolute atomic E-state index is 0.213. The summed E-state index contributed by atoms with van der Waals surface area (Å²) in [5.41, 5.74) is 4.24. The number of benzene rings is 2. The van der Waals surface area contributed by atoms with Gasteiger partial charge in [-0.15, -0.1) is 0 Å². The minimum Gasteiger partial charge on any atom is -0.496 e. The topological polar surface area (TPSA) is 22.1 Å². The van der Waals surface area contributed by atoms with Crippen molar-refractivity contribution in [2.75, 3.05) is 7.11 Å². The van der Waals surface area contributed by atoms with Gasteiger partial charge in [0.1, 0.15) is 11.6 Å². The molecule has 0 atom stereocenters. The van der Waals surface area contributed by atoms with Gasteiger partial charge in [-0.05, 0) is 47.9 Å². The Morgan fingerprint density at radius 2 is 1.77 bits per heavy atom. The van der Waals surface area contributed by atoms with Crippen LogP contribution in [0.2, 0.25) is 0 Å². The summed E-state index contributed by atoms with van der Waals surface area (Å²) in [6.07, 6.45) is 4.31. The smallest absolute Gasteiger partial charge is 0.126 e. The van der Waals surface area contributed by atoms with Gasteiger partial charge in [0.25, 0.3) is 0 Å². The van der Waals surface area contributed by atoms with Crippen molar-refractivity contribution in [2.24, 2.45) is 0 Å². The van der Waals surface area contributed by atoms with Crippen molar-refractivity contribution < 1.29 is 9.13 Å². The maximum absolute atomic E-state index is 13.0. The molecule has 0 aliphatic heterocycles. The number of hydrogen-bond donors (Lipinski definition) is 0. The maximum atomic E-state index is 13.0. The minimum atomic E-state index is -0.213. The summed E-state index contributed by atoms with van der Waals surface area (Å²) in [6.45, 7) is 0. The average molecular weight is 293 g/mol. The van der Waals surface area contributed by atoms with E-state index in [-0.39, 0.29) is 5.82 Å². The number of hydrogen-bond acceptors (Lipinski definition) is 2. The Morgan fingerprint density at radius 1 is 1.00 bits per heavy atom. The van der Waals surface area contributed by atoms with Gasteiger partial charge in [0, 0.05) is 23.5 Å². The molecule has 0 radical (unpaired) electrons. The molecule has 2 nitrogen and oxygen atoms in total. The molecule has 0 saturated carbocycles. The predicted octanol–water partition coefficient (Wildman–Crippen LogP) is 4.49. The molecule has 0 bridgehead atoms. The summed E-state index contributed by atoms with van der Waals surface area (Å²) < 4.78 is 18.4. The fourth-order valence-electron chi connectivity index (χ4n) is 2.45. The van der Waals surface area contributed by atoms with E-state index >= 15 is 0 Å². The molecule has 3 heteroatoms. The highest BCUT2D eigenvalue weighted by Gasteiger charge is 2.08. The molecular formula is C19H16FNO. The summed E-state index contributed by atoms with van der Waals surface area (Å²) in [6, 6.07) is 16.6. The Balaban J connectivity index is 1.95. The Bertz CT molecular complexity index is 754. The zero-order valence-corrected chi connectivity index (χ0v) is 12.3. The molecule has 3 rings (SSSR count). The quantitative estimate of drug-likeness (QED) is 0.707. The van der Waals surface area contributed by atoms with Crippen molar-refractivity contribution in [2.45, 2.75) is 6.42 Å². The van der Waals surface area contributed by atoms with Crippen molar-refractivity contribution in [3.63, 3.8) is 0 Å². The van der Waals surface area contributed by atoms with Gasteiger partial charge < -0.3 is 4.74 Å². The molecular weight excluding hydrogens is 277 g/mol. The monoisotopic (exact) mass is 293 g/mol. The number of aromatic nitrogens is 1. The number of methoxy groups -OCH3 is 1. The highest BCUT2D eigenvalue weighted by molar-refractivity contribution is 5.70. The number of rotatable bonds is 4. The SMILES string of the molecule is COc1ccc(Cc2ccc(F)cc2)cc1-c1cccnc1. The van der Waals surface area contributed by atoms with Crippen LogP contribution in [0.15, 0.2) is 67.0 Å². The summed E-state index contributed by atoms with van der Waals surface area (Å²) in [5, 5.41) is 0. The number of ether oxygens (including phenoxy) is 1. The van der Waals surface area contributed by atoms with Crippen LogP contribution >= 0.6 is 0 Å². The zero-order chi connectivity index (χ0) is 15.4. The average Bonchev–Trinajstić information content (AvgIpc) is 2.58. The fourth-order valence-corrected chi connectivity index (χ4v) is 2.45. The third-order valence-electron chi connectivity index (χ3n) is 3.56. The van der Waals surface area contributed by atoms with Crippen LogP contribution in [0.25, 0.3) is 11.1 Å². The second-order valence-electron chi connectivity index (χ2n) is 5.08. The third kappa shape index (κ3) is 3.14. The first-order valence-corrected chi connectivity index (χ1v) is 7.08. The van der Waals surface area contributed by atoms with Crippen LogP contribution < -0.4 is 4.74 Å². The molecule has 0 saturated heterocycles. The van der Waals surface area contributed by atoms with Crippen molar-refractivity contribution in [1.29, 1.82) is 0 Å². The van der Waals surface area contributed by atoms with Crippen molar-refractivity contribution in [1.82, 2.24) is 4.98 Å². The van der Waals surface area contributed by atoms with E-state index in [0.29, 0.717) is 0 Å². The van der Waals surface area contributed by atoms with Gasteiger partial charge in [-0.25, -0.2) is 4.39 Å². The number of halogens is 1. The van der Waals surface area contributed by atoms with E-state index in [9.17, 15) is 4.39 Å². The van der Waals surface area contributed by atoms with Gasteiger partial charge in [-0.1, -0.05) is 24.3 Å². The first kappa shape index (κ1) is 14.3. The molecule has 22 heavy (non-hydrogen) atoms. The number of pyridine rings is 1.